The van der Waals surface area contributed by atoms with Crippen molar-refractivity contribution in [1.29, 1.82) is 0 Å². The van der Waals surface area contributed by atoms with Gasteiger partial charge in [-0.1, -0.05) is 6.08 Å². The summed E-state index contributed by atoms with van der Waals surface area (Å²) in [6.45, 7) is 0.610. The Kier molecular flexibility index (Phi) is 4.54. The normalized spacial score (nSPS) is 21.8. The van der Waals surface area contributed by atoms with Crippen LogP contribution in [0.15, 0.2) is 17.0 Å². The van der Waals surface area contributed by atoms with Gasteiger partial charge in [-0.15, -0.1) is 11.3 Å². The van der Waals surface area contributed by atoms with Crippen molar-refractivity contribution in [3.8, 4) is 0 Å². The molecule has 3 heterocycles. The van der Waals surface area contributed by atoms with Crippen molar-refractivity contribution in [1.82, 2.24) is 14.9 Å². The first-order valence-electron chi connectivity index (χ1n) is 5.28. The summed E-state index contributed by atoms with van der Waals surface area (Å²) in [6.07, 6.45) is 1.78. The van der Waals surface area contributed by atoms with E-state index in [2.05, 4.69) is 9.27 Å². The number of urea groups is 1. The average Bonchev–Trinajstić information content (AvgIpc) is 2.93. The molecule has 3 rings (SSSR count). The molecule has 2 aliphatic rings. The van der Waals surface area contributed by atoms with Crippen LogP contribution in [-0.4, -0.2) is 53.1 Å². The number of hydroxylamine groups is 2. The Labute approximate surface area is 141 Å². The summed E-state index contributed by atoms with van der Waals surface area (Å²) in [4.78, 5) is 17.4. The van der Waals surface area contributed by atoms with Crippen molar-refractivity contribution in [2.24, 2.45) is 0 Å². The van der Waals surface area contributed by atoms with Crippen LogP contribution in [0.25, 0.3) is 5.57 Å². The summed E-state index contributed by atoms with van der Waals surface area (Å²) < 4.78 is 36.3. The molecule has 1 saturated heterocycles. The number of fused-ring (bicyclic) bond motifs is 2. The summed E-state index contributed by atoms with van der Waals surface area (Å²) >= 11 is 1.38. The minimum Gasteiger partial charge on any atom is -0.724 e. The Bertz CT molecular complexity index is 645. The molecular weight excluding hydrogens is 317 g/mol. The van der Waals surface area contributed by atoms with Crippen LogP contribution in [0, 0.1) is 0 Å². The first kappa shape index (κ1) is 15.9. The largest absolute Gasteiger partial charge is 1.00 e. The molecule has 1 aromatic heterocycles. The second-order valence-corrected chi connectivity index (χ2v) is 5.73. The molecule has 8 nitrogen and oxygen atoms in total. The second kappa shape index (κ2) is 5.72. The topological polar surface area (TPSA) is 103 Å². The third-order valence-corrected chi connectivity index (χ3v) is 3.86. The maximum Gasteiger partial charge on any atom is 1.00 e. The fraction of sp³-hybridized carbons (Fsp3) is 0.333. The fourth-order valence-electron chi connectivity index (χ4n) is 2.17. The third-order valence-electron chi connectivity index (χ3n) is 2.93. The molecule has 0 radical (unpaired) electrons. The molecule has 1 unspecified atom stereocenters. The van der Waals surface area contributed by atoms with Gasteiger partial charge >= 0.3 is 35.6 Å². The van der Waals surface area contributed by atoms with Crippen molar-refractivity contribution in [3.63, 3.8) is 0 Å². The van der Waals surface area contributed by atoms with Crippen molar-refractivity contribution in [2.75, 3.05) is 13.1 Å². The average molecular weight is 325 g/mol. The van der Waals surface area contributed by atoms with Crippen LogP contribution in [0.5, 0.6) is 0 Å². The van der Waals surface area contributed by atoms with Gasteiger partial charge in [0.1, 0.15) is 6.04 Å². The number of hydrogen-bond donors (Lipinski definition) is 0. The predicted molar refractivity (Wildman–Crippen MR) is 63.5 cm³/mol. The molecule has 1 aromatic rings. The summed E-state index contributed by atoms with van der Waals surface area (Å²) in [5.41, 5.74) is 2.97. The van der Waals surface area contributed by atoms with Crippen LogP contribution in [0.4, 0.5) is 4.79 Å². The molecule has 2 bridgehead atoms. The van der Waals surface area contributed by atoms with Gasteiger partial charge < -0.3 is 9.45 Å². The summed E-state index contributed by atoms with van der Waals surface area (Å²) in [5, 5.41) is 2.40. The van der Waals surface area contributed by atoms with Crippen molar-refractivity contribution >= 4 is 33.3 Å². The number of hydrogen-bond acceptors (Lipinski definition) is 7. The van der Waals surface area contributed by atoms with Crippen LogP contribution in [0.2, 0.25) is 0 Å². The van der Waals surface area contributed by atoms with E-state index in [1.807, 2.05) is 0 Å². The van der Waals surface area contributed by atoms with Gasteiger partial charge in [0, 0.05) is 17.5 Å². The molecule has 0 aromatic carbocycles. The van der Waals surface area contributed by atoms with Gasteiger partial charge in [0.05, 0.1) is 17.7 Å². The number of carbonyl (C=O) groups is 1. The number of amides is 2. The third kappa shape index (κ3) is 2.91. The van der Waals surface area contributed by atoms with Gasteiger partial charge in [0.25, 0.3) is 0 Å². The maximum absolute atomic E-state index is 11.9. The molecule has 0 spiro atoms. The Morgan fingerprint density at radius 1 is 1.50 bits per heavy atom. The van der Waals surface area contributed by atoms with Gasteiger partial charge in [0.2, 0.25) is 10.4 Å². The SMILES string of the molecule is O=C1N2CC=C(c3cscn3)C(C2)N1OS(=O)(=O)[O-].[Na+]. The Morgan fingerprint density at radius 3 is 2.85 bits per heavy atom. The fourth-order valence-corrected chi connectivity index (χ4v) is 3.09. The zero-order valence-corrected chi connectivity index (χ0v) is 14.1. The molecule has 1 fully saturated rings. The number of rotatable bonds is 3. The molecule has 2 aliphatic heterocycles. The first-order valence-corrected chi connectivity index (χ1v) is 7.55. The van der Waals surface area contributed by atoms with Crippen LogP contribution in [0.1, 0.15) is 5.69 Å². The van der Waals surface area contributed by atoms with E-state index in [4.69, 9.17) is 0 Å². The summed E-state index contributed by atoms with van der Waals surface area (Å²) in [6, 6.07) is -1.27. The van der Waals surface area contributed by atoms with Gasteiger partial charge in [-0.05, 0) is 0 Å². The second-order valence-electron chi connectivity index (χ2n) is 4.05. The molecular formula is C9H8N3NaO5S2. The summed E-state index contributed by atoms with van der Waals surface area (Å²) in [5.74, 6) is 0. The van der Waals surface area contributed by atoms with E-state index in [9.17, 15) is 17.8 Å². The Hall–Kier alpha value is -0.490. The molecule has 11 heteroatoms. The van der Waals surface area contributed by atoms with E-state index < -0.39 is 22.5 Å². The van der Waals surface area contributed by atoms with Crippen LogP contribution in [-0.2, 0) is 14.7 Å². The van der Waals surface area contributed by atoms with E-state index >= 15 is 0 Å². The Balaban J connectivity index is 0.00000147. The van der Waals surface area contributed by atoms with Gasteiger partial charge in [-0.2, -0.15) is 9.35 Å². The zero-order chi connectivity index (χ0) is 13.6. The van der Waals surface area contributed by atoms with Crippen molar-refractivity contribution < 1.29 is 51.6 Å². The van der Waals surface area contributed by atoms with E-state index in [-0.39, 0.29) is 36.1 Å². The zero-order valence-electron chi connectivity index (χ0n) is 10.4. The van der Waals surface area contributed by atoms with E-state index in [1.165, 1.54) is 16.2 Å². The van der Waals surface area contributed by atoms with Crippen molar-refractivity contribution in [2.45, 2.75) is 6.04 Å². The molecule has 0 N–H and O–H groups in total. The molecule has 2 amide bonds. The maximum atomic E-state index is 11.9. The van der Waals surface area contributed by atoms with Crippen LogP contribution >= 0.6 is 11.3 Å². The van der Waals surface area contributed by atoms with Crippen LogP contribution in [0.3, 0.4) is 0 Å². The molecule has 1 atom stereocenters. The number of aromatic nitrogens is 1. The standard InChI is InChI=1S/C9H9N3O5S2.Na/c13-9-11-2-1-6(7-4-18-5-10-7)8(3-11)12(9)17-19(14,15)16;/h1,4-5,8H,2-3H2,(H,14,15,16);/q;+1/p-1. The van der Waals surface area contributed by atoms with Gasteiger partial charge in [-0.3, -0.25) is 0 Å². The van der Waals surface area contributed by atoms with Gasteiger partial charge in [0.15, 0.2) is 0 Å². The number of nitrogens with zero attached hydrogens (tertiary/aromatic N) is 3. The van der Waals surface area contributed by atoms with Crippen molar-refractivity contribution in [3.05, 3.63) is 22.7 Å². The molecule has 20 heavy (non-hydrogen) atoms. The first-order chi connectivity index (χ1) is 8.96. The molecule has 0 saturated carbocycles. The summed E-state index contributed by atoms with van der Waals surface area (Å²) in [7, 11) is -4.99. The smallest absolute Gasteiger partial charge is 0.724 e. The van der Waals surface area contributed by atoms with E-state index in [0.717, 1.165) is 0 Å². The monoisotopic (exact) mass is 325 g/mol. The molecule has 102 valence electrons. The van der Waals surface area contributed by atoms with E-state index in [0.29, 0.717) is 22.9 Å². The quantitative estimate of drug-likeness (QED) is 0.334. The van der Waals surface area contributed by atoms with E-state index in [1.54, 1.807) is 17.0 Å². The minimum atomic E-state index is -4.99. The Morgan fingerprint density at radius 2 is 2.25 bits per heavy atom. The predicted octanol–water partition coefficient (Wildman–Crippen LogP) is -2.96. The molecule has 0 aliphatic carbocycles. The van der Waals surface area contributed by atoms with Crippen LogP contribution < -0.4 is 29.6 Å². The number of thiazole rings is 1. The minimum absolute atomic E-state index is 0. The van der Waals surface area contributed by atoms with Gasteiger partial charge in [-0.25, -0.2) is 18.2 Å². The number of carbonyl (C=O) groups excluding carboxylic acids is 1.